The second-order valence-corrected chi connectivity index (χ2v) is 4.23. The molecule has 1 aromatic rings. The lowest BCUT2D eigenvalue weighted by molar-refractivity contribution is -0.145. The summed E-state index contributed by atoms with van der Waals surface area (Å²) in [6.07, 6.45) is 2.84. The van der Waals surface area contributed by atoms with Crippen LogP contribution in [0.4, 0.5) is 0 Å². The fraction of sp³-hybridized carbons (Fsp3) is 0.400. The zero-order valence-electron chi connectivity index (χ0n) is 10.6. The molecule has 0 aliphatic carbocycles. The Labute approximate surface area is 103 Å². The molecule has 0 saturated carbocycles. The summed E-state index contributed by atoms with van der Waals surface area (Å²) >= 11 is 0. The highest BCUT2D eigenvalue weighted by atomic mass is 16.5. The maximum atomic E-state index is 11.6. The van der Waals surface area contributed by atoms with Crippen LogP contribution in [0.2, 0.25) is 0 Å². The van der Waals surface area contributed by atoms with E-state index >= 15 is 0 Å². The Bertz CT molecular complexity index is 368. The molecule has 92 valence electrons. The summed E-state index contributed by atoms with van der Waals surface area (Å²) in [4.78, 5) is 11.6. The van der Waals surface area contributed by atoms with Gasteiger partial charge in [0.2, 0.25) is 0 Å². The van der Waals surface area contributed by atoms with E-state index in [1.165, 1.54) is 0 Å². The number of hydrogen-bond acceptors (Lipinski definition) is 2. The molecule has 0 saturated heterocycles. The second kappa shape index (κ2) is 6.89. The van der Waals surface area contributed by atoms with Crippen LogP contribution in [0.15, 0.2) is 42.5 Å². The molecule has 1 unspecified atom stereocenters. The van der Waals surface area contributed by atoms with Gasteiger partial charge in [-0.1, -0.05) is 50.3 Å². The Hall–Kier alpha value is -1.57. The molecule has 0 aromatic heterocycles. The molecule has 0 fully saturated rings. The highest BCUT2D eigenvalue weighted by Crippen LogP contribution is 2.24. The van der Waals surface area contributed by atoms with E-state index in [-0.39, 0.29) is 12.1 Å². The molecule has 1 rings (SSSR count). The van der Waals surface area contributed by atoms with Crippen LogP contribution in [0, 0.1) is 0 Å². The number of rotatable bonds is 6. The van der Waals surface area contributed by atoms with E-state index in [4.69, 9.17) is 4.74 Å². The zero-order valence-corrected chi connectivity index (χ0v) is 10.6. The summed E-state index contributed by atoms with van der Waals surface area (Å²) in [6, 6.07) is 9.87. The number of unbranched alkanes of at least 4 members (excludes halogenated alkanes) is 1. The molecule has 0 heterocycles. The standard InChI is InChI=1S/C15H20O2/c1-4-5-11-14(17-15(16)12(2)3)13-9-7-6-8-10-13/h6-10,14H,2,4-5,11H2,1,3H3. The van der Waals surface area contributed by atoms with Crippen LogP contribution in [0.3, 0.4) is 0 Å². The normalized spacial score (nSPS) is 11.9. The van der Waals surface area contributed by atoms with E-state index in [2.05, 4.69) is 13.5 Å². The first-order valence-corrected chi connectivity index (χ1v) is 6.06. The van der Waals surface area contributed by atoms with Gasteiger partial charge < -0.3 is 4.74 Å². The smallest absolute Gasteiger partial charge is 0.333 e. The monoisotopic (exact) mass is 232 g/mol. The zero-order chi connectivity index (χ0) is 12.7. The fourth-order valence-electron chi connectivity index (χ4n) is 1.58. The Morgan fingerprint density at radius 3 is 2.53 bits per heavy atom. The minimum Gasteiger partial charge on any atom is -0.454 e. The van der Waals surface area contributed by atoms with Gasteiger partial charge in [-0.15, -0.1) is 0 Å². The summed E-state index contributed by atoms with van der Waals surface area (Å²) in [7, 11) is 0. The van der Waals surface area contributed by atoms with Crippen molar-refractivity contribution in [2.24, 2.45) is 0 Å². The van der Waals surface area contributed by atoms with Crippen LogP contribution in [-0.4, -0.2) is 5.97 Å². The van der Waals surface area contributed by atoms with Crippen molar-refractivity contribution in [1.29, 1.82) is 0 Å². The number of carbonyl (C=O) groups excluding carboxylic acids is 1. The highest BCUT2D eigenvalue weighted by Gasteiger charge is 2.16. The van der Waals surface area contributed by atoms with Gasteiger partial charge >= 0.3 is 5.97 Å². The average molecular weight is 232 g/mol. The molecule has 0 aliphatic heterocycles. The number of esters is 1. The third-order valence-electron chi connectivity index (χ3n) is 2.59. The molecular weight excluding hydrogens is 212 g/mol. The van der Waals surface area contributed by atoms with E-state index in [9.17, 15) is 4.79 Å². The molecule has 0 bridgehead atoms. The van der Waals surface area contributed by atoms with Gasteiger partial charge in [0.1, 0.15) is 6.10 Å². The van der Waals surface area contributed by atoms with Crippen molar-refractivity contribution in [2.75, 3.05) is 0 Å². The lowest BCUT2D eigenvalue weighted by Gasteiger charge is -2.18. The lowest BCUT2D eigenvalue weighted by atomic mass is 10.0. The largest absolute Gasteiger partial charge is 0.454 e. The first-order chi connectivity index (χ1) is 8.15. The van der Waals surface area contributed by atoms with E-state index in [0.29, 0.717) is 5.57 Å². The predicted octanol–water partition coefficient (Wildman–Crippen LogP) is 4.04. The van der Waals surface area contributed by atoms with Crippen LogP contribution in [-0.2, 0) is 9.53 Å². The molecule has 0 amide bonds. The SMILES string of the molecule is C=C(C)C(=O)OC(CCCC)c1ccccc1. The molecule has 0 radical (unpaired) electrons. The van der Waals surface area contributed by atoms with Crippen molar-refractivity contribution in [2.45, 2.75) is 39.2 Å². The number of carbonyl (C=O) groups is 1. The minimum absolute atomic E-state index is 0.152. The number of ether oxygens (including phenoxy) is 1. The van der Waals surface area contributed by atoms with Gasteiger partial charge in [-0.05, 0) is 25.3 Å². The van der Waals surface area contributed by atoms with Crippen molar-refractivity contribution in [3.05, 3.63) is 48.0 Å². The summed E-state index contributed by atoms with van der Waals surface area (Å²) < 4.78 is 5.46. The second-order valence-electron chi connectivity index (χ2n) is 4.23. The molecule has 0 spiro atoms. The van der Waals surface area contributed by atoms with Crippen molar-refractivity contribution in [3.63, 3.8) is 0 Å². The van der Waals surface area contributed by atoms with Crippen molar-refractivity contribution < 1.29 is 9.53 Å². The Balaban J connectivity index is 2.74. The summed E-state index contributed by atoms with van der Waals surface area (Å²) in [5, 5.41) is 0. The maximum absolute atomic E-state index is 11.6. The summed E-state index contributed by atoms with van der Waals surface area (Å²) in [5.41, 5.74) is 1.50. The van der Waals surface area contributed by atoms with Crippen LogP contribution in [0.1, 0.15) is 44.8 Å². The maximum Gasteiger partial charge on any atom is 0.333 e. The average Bonchev–Trinajstić information content (AvgIpc) is 2.35. The van der Waals surface area contributed by atoms with E-state index < -0.39 is 0 Å². The first kappa shape index (κ1) is 13.5. The Morgan fingerprint density at radius 2 is 2.00 bits per heavy atom. The third-order valence-corrected chi connectivity index (χ3v) is 2.59. The third kappa shape index (κ3) is 4.43. The van der Waals surface area contributed by atoms with Gasteiger partial charge in [0, 0.05) is 5.57 Å². The van der Waals surface area contributed by atoms with Gasteiger partial charge in [-0.2, -0.15) is 0 Å². The molecule has 17 heavy (non-hydrogen) atoms. The quantitative estimate of drug-likeness (QED) is 0.546. The molecule has 2 nitrogen and oxygen atoms in total. The van der Waals surface area contributed by atoms with Gasteiger partial charge in [-0.25, -0.2) is 4.79 Å². The van der Waals surface area contributed by atoms with Crippen LogP contribution < -0.4 is 0 Å². The molecule has 0 aliphatic rings. The van der Waals surface area contributed by atoms with E-state index in [1.807, 2.05) is 30.3 Å². The van der Waals surface area contributed by atoms with E-state index in [1.54, 1.807) is 6.92 Å². The van der Waals surface area contributed by atoms with Gasteiger partial charge in [0.05, 0.1) is 0 Å². The summed E-state index contributed by atoms with van der Waals surface area (Å²) in [5.74, 6) is -0.310. The summed E-state index contributed by atoms with van der Waals surface area (Å²) in [6.45, 7) is 7.41. The molecule has 1 atom stereocenters. The van der Waals surface area contributed by atoms with Crippen LogP contribution in [0.25, 0.3) is 0 Å². The lowest BCUT2D eigenvalue weighted by Crippen LogP contribution is -2.12. The fourth-order valence-corrected chi connectivity index (χ4v) is 1.58. The first-order valence-electron chi connectivity index (χ1n) is 6.06. The van der Waals surface area contributed by atoms with Gasteiger partial charge in [0.25, 0.3) is 0 Å². The van der Waals surface area contributed by atoms with E-state index in [0.717, 1.165) is 24.8 Å². The Morgan fingerprint density at radius 1 is 1.35 bits per heavy atom. The van der Waals surface area contributed by atoms with Crippen LogP contribution in [0.5, 0.6) is 0 Å². The highest BCUT2D eigenvalue weighted by molar-refractivity contribution is 5.87. The number of hydrogen-bond donors (Lipinski definition) is 0. The van der Waals surface area contributed by atoms with Gasteiger partial charge in [0.15, 0.2) is 0 Å². The molecule has 2 heteroatoms. The van der Waals surface area contributed by atoms with Crippen LogP contribution >= 0.6 is 0 Å². The predicted molar refractivity (Wildman–Crippen MR) is 69.6 cm³/mol. The van der Waals surface area contributed by atoms with Gasteiger partial charge in [-0.3, -0.25) is 0 Å². The van der Waals surface area contributed by atoms with Crippen molar-refractivity contribution >= 4 is 5.97 Å². The molecule has 1 aromatic carbocycles. The molecule has 0 N–H and O–H groups in total. The number of benzene rings is 1. The van der Waals surface area contributed by atoms with Crippen molar-refractivity contribution in [3.8, 4) is 0 Å². The van der Waals surface area contributed by atoms with Crippen molar-refractivity contribution in [1.82, 2.24) is 0 Å². The molecular formula is C15H20O2. The topological polar surface area (TPSA) is 26.3 Å². The Kier molecular flexibility index (Phi) is 5.47. The minimum atomic E-state index is -0.310.